The molecule has 6 aliphatic carbocycles. The number of aliphatic hydroxyl groups is 1. The minimum absolute atomic E-state index is 0.0326. The fraction of sp³-hybridized carbons (Fsp3) is 0.641. The number of fused-ring (bicyclic) bond motifs is 5. The molecule has 4 aromatic rings. The first-order chi connectivity index (χ1) is 47.3. The molecule has 0 unspecified atom stereocenters. The zero-order valence-electron chi connectivity index (χ0n) is 64.5. The number of rotatable bonds is 19. The van der Waals surface area contributed by atoms with Crippen LogP contribution in [0, 0.1) is 78.4 Å². The third kappa shape index (κ3) is 16.4. The molecule has 4 bridgehead atoms. The molecule has 3 aliphatic heterocycles. The quantitative estimate of drug-likeness (QED) is 0.0341. The Kier molecular flexibility index (Phi) is 23.7. The van der Waals surface area contributed by atoms with Crippen molar-refractivity contribution in [3.8, 4) is 22.3 Å². The van der Waals surface area contributed by atoms with Crippen molar-refractivity contribution < 1.29 is 57.4 Å². The summed E-state index contributed by atoms with van der Waals surface area (Å²) in [5.74, 6) is 2.22. The summed E-state index contributed by atoms with van der Waals surface area (Å²) in [6.45, 7) is 40.5. The molecular weight excluding hydrogens is 1330 g/mol. The number of carbonyl (C=O) groups excluding carboxylic acids is 4. The average molecular weight is 1450 g/mol. The molecule has 3 saturated heterocycles. The second-order valence-electron chi connectivity index (χ2n) is 35.0. The van der Waals surface area contributed by atoms with Crippen molar-refractivity contribution in [2.75, 3.05) is 41.4 Å². The van der Waals surface area contributed by atoms with Crippen molar-refractivity contribution in [3.63, 3.8) is 0 Å². The summed E-state index contributed by atoms with van der Waals surface area (Å²) in [5.41, 5.74) is 10.7. The molecule has 102 heavy (non-hydrogen) atoms. The Morgan fingerprint density at radius 1 is 0.676 bits per heavy atom. The Balaban J connectivity index is 0.000000209. The van der Waals surface area contributed by atoms with E-state index in [9.17, 15) is 44.5 Å². The summed E-state index contributed by atoms with van der Waals surface area (Å²) >= 11 is 0. The Morgan fingerprint density at radius 2 is 1.12 bits per heavy atom. The van der Waals surface area contributed by atoms with Gasteiger partial charge in [-0.15, -0.1) is 0 Å². The van der Waals surface area contributed by atoms with Gasteiger partial charge in [-0.05, 0) is 181 Å². The maximum Gasteiger partial charge on any atom is 0.326 e. The number of carbonyl (C=O) groups is 4. The third-order valence-corrected chi connectivity index (χ3v) is 34.4. The molecule has 3 amide bonds. The van der Waals surface area contributed by atoms with E-state index in [1.165, 1.54) is 41.2 Å². The van der Waals surface area contributed by atoms with E-state index in [1.807, 2.05) is 43.3 Å². The van der Waals surface area contributed by atoms with E-state index in [2.05, 4.69) is 115 Å². The summed E-state index contributed by atoms with van der Waals surface area (Å²) in [5, 5.41) is 42.1. The molecule has 24 heteroatoms. The van der Waals surface area contributed by atoms with Crippen molar-refractivity contribution in [1.82, 2.24) is 25.2 Å². The summed E-state index contributed by atoms with van der Waals surface area (Å²) in [7, 11) is 2.19. The van der Waals surface area contributed by atoms with Crippen LogP contribution in [0.2, 0.25) is 36.3 Å². The molecule has 16 atom stereocenters. The largest absolute Gasteiger partial charge is 0.461 e. The number of esters is 1. The number of nitrogens with two attached hydrogens (primary N) is 1. The molecule has 22 nitrogen and oxygen atoms in total. The van der Waals surface area contributed by atoms with Crippen LogP contribution in [-0.2, 0) is 45.9 Å². The highest BCUT2D eigenvalue weighted by Crippen LogP contribution is 2.62. The lowest BCUT2D eigenvalue weighted by Gasteiger charge is -2.62. The first-order valence-corrected chi connectivity index (χ1v) is 42.4. The van der Waals surface area contributed by atoms with Crippen LogP contribution in [-0.4, -0.2) is 165 Å². The summed E-state index contributed by atoms with van der Waals surface area (Å²) in [6.07, 6.45) is 2.81. The van der Waals surface area contributed by atoms with Crippen molar-refractivity contribution >= 4 is 51.7 Å². The molecule has 0 aromatic heterocycles. The van der Waals surface area contributed by atoms with E-state index >= 15 is 0 Å². The van der Waals surface area contributed by atoms with Gasteiger partial charge in [-0.2, -0.15) is 10.1 Å². The molecular formula is C78H116N8O14Si2. The number of hydrogen-bond donors (Lipinski definition) is 3. The molecule has 0 radical (unpaired) electrons. The number of amides is 3. The molecule has 9 fully saturated rings. The molecule has 13 rings (SSSR count). The molecule has 4 N–H and O–H groups in total. The number of hydroxylamine groups is 4. The van der Waals surface area contributed by atoms with Gasteiger partial charge in [0.15, 0.2) is 16.6 Å². The average Bonchev–Trinajstić information content (AvgIpc) is 1.25. The Hall–Kier alpha value is -6.33. The van der Waals surface area contributed by atoms with Crippen molar-refractivity contribution in [2.24, 2.45) is 63.9 Å². The number of nitro groups is 2. The second kappa shape index (κ2) is 30.3. The van der Waals surface area contributed by atoms with E-state index < -0.39 is 56.7 Å². The summed E-state index contributed by atoms with van der Waals surface area (Å²) < 4.78 is 18.7. The summed E-state index contributed by atoms with van der Waals surface area (Å²) in [6, 6.07) is 22.9. The van der Waals surface area contributed by atoms with Gasteiger partial charge in [-0.3, -0.25) is 49.1 Å². The lowest BCUT2D eigenvalue weighted by atomic mass is 9.45. The van der Waals surface area contributed by atoms with Gasteiger partial charge in [-0.25, -0.2) is 0 Å². The number of ether oxygens (including phenoxy) is 1. The first kappa shape index (κ1) is 79.8. The second-order valence-corrected chi connectivity index (χ2v) is 44.6. The number of nitrogens with one attached hydrogen (secondary N) is 1. The monoisotopic (exact) mass is 1440 g/mol. The van der Waals surface area contributed by atoms with E-state index in [4.69, 9.17) is 29.0 Å². The zero-order chi connectivity index (χ0) is 75.6. The van der Waals surface area contributed by atoms with Gasteiger partial charge in [-0.1, -0.05) is 119 Å². The van der Waals surface area contributed by atoms with Crippen LogP contribution in [0.15, 0.2) is 84.9 Å². The molecule has 0 spiro atoms. The fourth-order valence-corrected chi connectivity index (χ4v) is 18.5. The highest BCUT2D eigenvalue weighted by Gasteiger charge is 2.60. The van der Waals surface area contributed by atoms with E-state index in [-0.39, 0.29) is 99.0 Å². The van der Waals surface area contributed by atoms with Gasteiger partial charge in [0.1, 0.15) is 30.4 Å². The third-order valence-electron chi connectivity index (χ3n) is 25.4. The van der Waals surface area contributed by atoms with Crippen LogP contribution >= 0.6 is 0 Å². The molecule has 9 aliphatic rings. The highest BCUT2D eigenvalue weighted by molar-refractivity contribution is 6.74. The normalized spacial score (nSPS) is 28.9. The molecule has 560 valence electrons. The maximum absolute atomic E-state index is 14.4. The number of benzene rings is 4. The molecule has 3 heterocycles. The maximum atomic E-state index is 14.4. The topological polar surface area (TPSA) is 272 Å². The molecule has 4 aromatic carbocycles. The van der Waals surface area contributed by atoms with Crippen LogP contribution < -0.4 is 11.1 Å². The number of nitro benzene ring substituents is 2. The lowest BCUT2D eigenvalue weighted by molar-refractivity contribution is -0.384. The van der Waals surface area contributed by atoms with Crippen LogP contribution in [0.1, 0.15) is 154 Å². The van der Waals surface area contributed by atoms with Crippen LogP contribution in [0.3, 0.4) is 0 Å². The minimum Gasteiger partial charge on any atom is -0.461 e. The van der Waals surface area contributed by atoms with Gasteiger partial charge in [0.25, 0.3) is 23.2 Å². The van der Waals surface area contributed by atoms with Gasteiger partial charge < -0.3 is 39.5 Å². The van der Waals surface area contributed by atoms with Crippen LogP contribution in [0.4, 0.5) is 11.4 Å². The van der Waals surface area contributed by atoms with E-state index in [1.54, 1.807) is 81.6 Å². The molecule has 6 saturated carbocycles. The Bertz CT molecular complexity index is 3750. The number of hydrogen-bond acceptors (Lipinski definition) is 17. The van der Waals surface area contributed by atoms with Crippen LogP contribution in [0.5, 0.6) is 0 Å². The standard InChI is InChI=1S/C39H58N4O7Si.C29H39N3O7Si.C10H19N/c1-23-30-19-28(39(30,6)7)20-31(23)40-36(45)35-34(24(2)44)33(22-49-51(10,11)38(3,4)5)50-42(35)21-25-13-12-14-26(17-25)29-16-15-27(37(46)41(8)9)18-32(29)43(47)48;1-18-25-24(17-37-40(7,8)29(2,3)4)39-31(26(25)28(34)38-18)16-19-10-9-11-20(14-19)22-13-12-21(27(33)30(5)6)15-23(22)32(35)36;1-6-8-4-7(5-9(6)11)10(8,2)3/h12-18,23-24,28,30-31,33-35,44H,19-22H2,1-11H3,(H,40,45);9-15,18,24-26H,16-17H2,1-8H3;6-9H,4-5,11H2,1-3H3/t23-,24-,28+,30-,31-,33-,34+,35-;18-,24-,25+,26-;6-,7+,8-,9-/m000/s1. The lowest BCUT2D eigenvalue weighted by Crippen LogP contribution is -2.62. The van der Waals surface area contributed by atoms with Crippen molar-refractivity contribution in [3.05, 3.63) is 127 Å². The summed E-state index contributed by atoms with van der Waals surface area (Å²) in [4.78, 5) is 91.0. The predicted octanol–water partition coefficient (Wildman–Crippen LogP) is 13.7. The van der Waals surface area contributed by atoms with Crippen LogP contribution in [0.25, 0.3) is 22.3 Å². The number of cyclic esters (lactones) is 1. The SMILES string of the molecule is C[C@@H]1OC(=O)[C@@H]2[C@H]1[C@H](CO[Si](C)(C)C(C)(C)C)ON2Cc1cccc(-c2ccc(C(=O)N(C)C)cc2[N+](=O)[O-])c1.C[C@@H]1[C@@H](N)C[C@H]2C[C@@H]1C2(C)C.C[C@@H]1[C@@H](NC(=O)[C@@H]2[C@H]([C@H](C)O)[C@H](CO[Si](C)(C)C(C)(C)C)ON2Cc2cccc(-c3ccc(C(=O)N(C)C)cc3[N+](=O)[O-])c2)C[C@H]2C[C@@H]1C2(C)C. The van der Waals surface area contributed by atoms with Gasteiger partial charge >= 0.3 is 5.97 Å². The van der Waals surface area contributed by atoms with Crippen molar-refractivity contribution in [2.45, 2.75) is 221 Å². The Morgan fingerprint density at radius 3 is 1.53 bits per heavy atom. The Labute approximate surface area is 606 Å². The predicted molar refractivity (Wildman–Crippen MR) is 400 cm³/mol. The first-order valence-electron chi connectivity index (χ1n) is 36.6. The fourth-order valence-electron chi connectivity index (χ4n) is 16.5. The van der Waals surface area contributed by atoms with Gasteiger partial charge in [0.2, 0.25) is 5.91 Å². The minimum atomic E-state index is -2.18. The van der Waals surface area contributed by atoms with Gasteiger partial charge in [0, 0.05) is 69.5 Å². The smallest absolute Gasteiger partial charge is 0.326 e. The van der Waals surface area contributed by atoms with E-state index in [0.717, 1.165) is 35.3 Å². The van der Waals surface area contributed by atoms with Gasteiger partial charge in [0.05, 0.1) is 59.3 Å². The highest BCUT2D eigenvalue weighted by atomic mass is 28.4. The zero-order valence-corrected chi connectivity index (χ0v) is 66.5. The van der Waals surface area contributed by atoms with E-state index in [0.29, 0.717) is 64.6 Å². The number of nitrogens with zero attached hydrogens (tertiary/aromatic N) is 6. The van der Waals surface area contributed by atoms with Crippen molar-refractivity contribution in [1.29, 1.82) is 0 Å². The number of aliphatic hydroxyl groups excluding tert-OH is 1.